The Labute approximate surface area is 187 Å². The number of thiazole rings is 1. The zero-order chi connectivity index (χ0) is 22.0. The van der Waals surface area contributed by atoms with Gasteiger partial charge in [0, 0.05) is 41.5 Å². The monoisotopic (exact) mass is 455 g/mol. The van der Waals surface area contributed by atoms with E-state index >= 15 is 0 Å². The molecule has 3 aromatic rings. The second-order valence-electron chi connectivity index (χ2n) is 8.16. The van der Waals surface area contributed by atoms with E-state index in [0.29, 0.717) is 36.2 Å². The Balaban J connectivity index is 1.50. The molecule has 31 heavy (non-hydrogen) atoms. The summed E-state index contributed by atoms with van der Waals surface area (Å²) in [6, 6.07) is 13.7. The van der Waals surface area contributed by atoms with Gasteiger partial charge in [0.05, 0.1) is 4.90 Å². The Kier molecular flexibility index (Phi) is 6.22. The molecule has 0 spiro atoms. The minimum Gasteiger partial charge on any atom is -0.322 e. The molecule has 1 aromatic heterocycles. The second-order valence-corrected chi connectivity index (χ2v) is 11.0. The van der Waals surface area contributed by atoms with E-state index in [1.165, 1.54) is 6.07 Å². The molecule has 2 atom stereocenters. The molecular formula is C23H25N3O3S2. The van der Waals surface area contributed by atoms with Crippen LogP contribution in [-0.2, 0) is 10.0 Å². The van der Waals surface area contributed by atoms with Crippen molar-refractivity contribution in [3.63, 3.8) is 0 Å². The average Bonchev–Trinajstić information content (AvgIpc) is 3.28. The first-order valence-electron chi connectivity index (χ1n) is 10.2. The maximum atomic E-state index is 13.2. The number of carbonyl (C=O) groups excluding carboxylic acids is 1. The van der Waals surface area contributed by atoms with E-state index in [4.69, 9.17) is 0 Å². The third-order valence-corrected chi connectivity index (χ3v) is 8.04. The minimum atomic E-state index is -3.64. The zero-order valence-corrected chi connectivity index (χ0v) is 19.1. The van der Waals surface area contributed by atoms with Crippen molar-refractivity contribution in [2.45, 2.75) is 25.2 Å². The Hall–Kier alpha value is -2.55. The molecule has 2 aromatic carbocycles. The van der Waals surface area contributed by atoms with E-state index in [0.717, 1.165) is 17.0 Å². The number of hydrogen-bond acceptors (Lipinski definition) is 5. The van der Waals surface area contributed by atoms with Crippen LogP contribution in [0.1, 0.15) is 30.6 Å². The topological polar surface area (TPSA) is 79.4 Å². The number of hydrogen-bond donors (Lipinski definition) is 1. The van der Waals surface area contributed by atoms with E-state index in [1.54, 1.807) is 40.0 Å². The van der Waals surface area contributed by atoms with Crippen LogP contribution < -0.4 is 5.32 Å². The number of nitrogens with one attached hydrogen (secondary N) is 1. The smallest absolute Gasteiger partial charge is 0.255 e. The summed E-state index contributed by atoms with van der Waals surface area (Å²) in [5.74, 6) is 0.286. The van der Waals surface area contributed by atoms with Crippen molar-refractivity contribution in [3.05, 3.63) is 65.7 Å². The van der Waals surface area contributed by atoms with E-state index in [9.17, 15) is 13.2 Å². The molecule has 0 bridgehead atoms. The standard InChI is InChI=1S/C23H25N3O3S2/c1-16-12-17(2)15-26(14-16)31(28,29)21-5-3-4-19(13-21)22(27)25-20-8-6-18(7-9-20)23-24-10-11-30-23/h3-11,13,16-17H,12,14-15H2,1-2H3,(H,25,27). The molecule has 1 amide bonds. The SMILES string of the molecule is CC1CC(C)CN(S(=O)(=O)c2cccc(C(=O)Nc3ccc(-c4nccs4)cc3)c2)C1. The molecule has 0 aliphatic carbocycles. The summed E-state index contributed by atoms with van der Waals surface area (Å²) in [6.45, 7) is 5.16. The molecule has 1 aliphatic heterocycles. The predicted octanol–water partition coefficient (Wildman–Crippen LogP) is 4.73. The van der Waals surface area contributed by atoms with Crippen LogP contribution in [0.2, 0.25) is 0 Å². The van der Waals surface area contributed by atoms with Gasteiger partial charge in [-0.25, -0.2) is 13.4 Å². The first-order valence-corrected chi connectivity index (χ1v) is 12.6. The van der Waals surface area contributed by atoms with Crippen molar-refractivity contribution in [1.29, 1.82) is 0 Å². The van der Waals surface area contributed by atoms with E-state index in [2.05, 4.69) is 24.1 Å². The fourth-order valence-electron chi connectivity index (χ4n) is 4.01. The lowest BCUT2D eigenvalue weighted by molar-refractivity contribution is 0.102. The number of nitrogens with zero attached hydrogens (tertiary/aromatic N) is 2. The van der Waals surface area contributed by atoms with Gasteiger partial charge in [-0.1, -0.05) is 19.9 Å². The number of sulfonamides is 1. The number of amides is 1. The van der Waals surface area contributed by atoms with Gasteiger partial charge in [0.15, 0.2) is 0 Å². The lowest BCUT2D eigenvalue weighted by Gasteiger charge is -2.34. The normalized spacial score (nSPS) is 19.8. The highest BCUT2D eigenvalue weighted by atomic mass is 32.2. The van der Waals surface area contributed by atoms with Crippen molar-refractivity contribution >= 4 is 33.0 Å². The summed E-state index contributed by atoms with van der Waals surface area (Å²) in [7, 11) is -3.64. The van der Waals surface area contributed by atoms with E-state index in [1.807, 2.05) is 29.6 Å². The fraction of sp³-hybridized carbons (Fsp3) is 0.304. The molecule has 0 radical (unpaired) electrons. The van der Waals surface area contributed by atoms with Crippen LogP contribution in [0.5, 0.6) is 0 Å². The number of piperidine rings is 1. The van der Waals surface area contributed by atoms with Gasteiger partial charge in [-0.05, 0) is 60.7 Å². The fourth-order valence-corrected chi connectivity index (χ4v) is 6.38. The maximum absolute atomic E-state index is 13.2. The number of aromatic nitrogens is 1. The lowest BCUT2D eigenvalue weighted by Crippen LogP contribution is -2.42. The molecule has 1 fully saturated rings. The van der Waals surface area contributed by atoms with Crippen molar-refractivity contribution in [2.75, 3.05) is 18.4 Å². The van der Waals surface area contributed by atoms with Gasteiger partial charge in [-0.2, -0.15) is 4.31 Å². The molecule has 1 N–H and O–H groups in total. The quantitative estimate of drug-likeness (QED) is 0.603. The summed E-state index contributed by atoms with van der Waals surface area (Å²) in [5, 5.41) is 5.67. The van der Waals surface area contributed by atoms with Crippen LogP contribution in [0.15, 0.2) is 65.0 Å². The first kappa shape index (κ1) is 21.7. The van der Waals surface area contributed by atoms with Gasteiger partial charge in [0.25, 0.3) is 5.91 Å². The summed E-state index contributed by atoms with van der Waals surface area (Å²) < 4.78 is 27.8. The van der Waals surface area contributed by atoms with Crippen molar-refractivity contribution < 1.29 is 13.2 Å². The van der Waals surface area contributed by atoms with Crippen LogP contribution in [-0.4, -0.2) is 36.7 Å². The van der Waals surface area contributed by atoms with Crippen molar-refractivity contribution in [2.24, 2.45) is 11.8 Å². The van der Waals surface area contributed by atoms with Gasteiger partial charge in [-0.3, -0.25) is 4.79 Å². The van der Waals surface area contributed by atoms with Gasteiger partial charge < -0.3 is 5.32 Å². The number of carbonyl (C=O) groups is 1. The predicted molar refractivity (Wildman–Crippen MR) is 124 cm³/mol. The highest BCUT2D eigenvalue weighted by Crippen LogP contribution is 2.27. The molecule has 1 aliphatic rings. The highest BCUT2D eigenvalue weighted by Gasteiger charge is 2.32. The highest BCUT2D eigenvalue weighted by molar-refractivity contribution is 7.89. The van der Waals surface area contributed by atoms with Crippen LogP contribution in [0.4, 0.5) is 5.69 Å². The van der Waals surface area contributed by atoms with E-state index in [-0.39, 0.29) is 10.8 Å². The second kappa shape index (κ2) is 8.90. The van der Waals surface area contributed by atoms with Gasteiger partial charge in [0.2, 0.25) is 10.0 Å². The number of benzene rings is 2. The maximum Gasteiger partial charge on any atom is 0.255 e. The minimum absolute atomic E-state index is 0.153. The van der Waals surface area contributed by atoms with Crippen LogP contribution >= 0.6 is 11.3 Å². The summed E-state index contributed by atoms with van der Waals surface area (Å²) in [5.41, 5.74) is 1.92. The number of rotatable bonds is 5. The third-order valence-electron chi connectivity index (χ3n) is 5.39. The Morgan fingerprint density at radius 3 is 2.45 bits per heavy atom. The molecule has 6 nitrogen and oxygen atoms in total. The number of anilines is 1. The summed E-state index contributed by atoms with van der Waals surface area (Å²) >= 11 is 1.55. The van der Waals surface area contributed by atoms with Crippen LogP contribution in [0.25, 0.3) is 10.6 Å². The van der Waals surface area contributed by atoms with Gasteiger partial charge >= 0.3 is 0 Å². The van der Waals surface area contributed by atoms with E-state index < -0.39 is 10.0 Å². The molecule has 162 valence electrons. The Morgan fingerprint density at radius 1 is 1.10 bits per heavy atom. The zero-order valence-electron chi connectivity index (χ0n) is 17.5. The van der Waals surface area contributed by atoms with Gasteiger partial charge in [-0.15, -0.1) is 11.3 Å². The molecule has 2 heterocycles. The lowest BCUT2D eigenvalue weighted by atomic mass is 9.94. The summed E-state index contributed by atoms with van der Waals surface area (Å²) in [4.78, 5) is 17.2. The Bertz CT molecular complexity index is 1150. The van der Waals surface area contributed by atoms with Crippen molar-refractivity contribution in [3.8, 4) is 10.6 Å². The van der Waals surface area contributed by atoms with Crippen molar-refractivity contribution in [1.82, 2.24) is 9.29 Å². The molecule has 8 heteroatoms. The molecule has 4 rings (SSSR count). The Morgan fingerprint density at radius 2 is 1.81 bits per heavy atom. The first-order chi connectivity index (χ1) is 14.8. The third kappa shape index (κ3) is 4.87. The summed E-state index contributed by atoms with van der Waals surface area (Å²) in [6.07, 6.45) is 2.78. The van der Waals surface area contributed by atoms with Crippen LogP contribution in [0, 0.1) is 11.8 Å². The van der Waals surface area contributed by atoms with Gasteiger partial charge in [0.1, 0.15) is 5.01 Å². The molecule has 1 saturated heterocycles. The molecular weight excluding hydrogens is 430 g/mol. The average molecular weight is 456 g/mol. The largest absolute Gasteiger partial charge is 0.322 e. The molecule has 2 unspecified atom stereocenters. The van der Waals surface area contributed by atoms with Crippen LogP contribution in [0.3, 0.4) is 0 Å². The molecule has 0 saturated carbocycles.